The zero-order valence-corrected chi connectivity index (χ0v) is 12.3. The summed E-state index contributed by atoms with van der Waals surface area (Å²) in [7, 11) is 0. The molecule has 1 aromatic carbocycles. The Morgan fingerprint density at radius 3 is 2.08 bits per heavy atom. The van der Waals surface area contributed by atoms with Crippen LogP contribution >= 0.6 is 0 Å². The van der Waals surface area contributed by atoms with Gasteiger partial charge in [0.15, 0.2) is 23.6 Å². The van der Waals surface area contributed by atoms with Crippen molar-refractivity contribution in [2.45, 2.75) is 30.5 Å². The van der Waals surface area contributed by atoms with Gasteiger partial charge in [0.2, 0.25) is 0 Å². The third-order valence-electron chi connectivity index (χ3n) is 3.24. The van der Waals surface area contributed by atoms with Gasteiger partial charge in [-0.05, 0) is 23.8 Å². The van der Waals surface area contributed by atoms with E-state index in [1.54, 1.807) is 0 Å². The molecule has 0 fully saturated rings. The fraction of sp³-hybridized carbons (Fsp3) is 0.333. The van der Waals surface area contributed by atoms with E-state index in [2.05, 4.69) is 0 Å². The smallest absolute Gasteiger partial charge is 0.186 e. The minimum Gasteiger partial charge on any atom is -0.504 e. The van der Waals surface area contributed by atoms with E-state index in [9.17, 15) is 35.1 Å². The maximum atomic E-state index is 11.7. The van der Waals surface area contributed by atoms with E-state index in [1.807, 2.05) is 0 Å². The van der Waals surface area contributed by atoms with Crippen LogP contribution in [0.3, 0.4) is 0 Å². The molecule has 1 aromatic rings. The van der Waals surface area contributed by atoms with Crippen LogP contribution in [0.5, 0.6) is 11.5 Å². The summed E-state index contributed by atoms with van der Waals surface area (Å²) in [6, 6.07) is 3.67. The molecule has 0 radical (unpaired) electrons. The Kier molecular flexibility index (Phi) is 7.01. The second kappa shape index (κ2) is 8.52. The lowest BCUT2D eigenvalue weighted by atomic mass is 9.97. The highest BCUT2D eigenvalue weighted by Gasteiger charge is 2.36. The average molecular weight is 342 g/mol. The van der Waals surface area contributed by atoms with Crippen LogP contribution in [-0.2, 0) is 9.59 Å². The second-order valence-corrected chi connectivity index (χ2v) is 5.03. The summed E-state index contributed by atoms with van der Waals surface area (Å²) in [4.78, 5) is 22.0. The Balaban J connectivity index is 2.77. The number of phenolic OH excluding ortho intramolecular Hbond substituents is 2. The summed E-state index contributed by atoms with van der Waals surface area (Å²) in [5.74, 6) is -1.83. The highest BCUT2D eigenvalue weighted by atomic mass is 16.4. The Hall–Kier alpha value is -2.30. The summed E-state index contributed by atoms with van der Waals surface area (Å²) in [6.07, 6.45) is -8.57. The van der Waals surface area contributed by atoms with Gasteiger partial charge in [0.25, 0.3) is 0 Å². The number of phenols is 2. The SMILES string of the molecule is O=C[C@H](O)[C@@H](O)[C@H](O)[C@H](O)C(O)C(=O)/C=C/c1ccc(O)c(O)c1. The molecule has 0 aromatic heterocycles. The molecule has 0 heterocycles. The first-order valence-electron chi connectivity index (χ1n) is 6.78. The van der Waals surface area contributed by atoms with Crippen LogP contribution in [0.15, 0.2) is 24.3 Å². The molecule has 0 aliphatic carbocycles. The summed E-state index contributed by atoms with van der Waals surface area (Å²) in [5.41, 5.74) is 0.303. The highest BCUT2D eigenvalue weighted by molar-refractivity contribution is 5.97. The van der Waals surface area contributed by atoms with Crippen molar-refractivity contribution in [2.24, 2.45) is 0 Å². The van der Waals surface area contributed by atoms with E-state index in [1.165, 1.54) is 18.2 Å². The van der Waals surface area contributed by atoms with E-state index in [0.717, 1.165) is 12.1 Å². The van der Waals surface area contributed by atoms with Crippen molar-refractivity contribution in [3.63, 3.8) is 0 Å². The van der Waals surface area contributed by atoms with Crippen molar-refractivity contribution in [1.82, 2.24) is 0 Å². The fourth-order valence-corrected chi connectivity index (χ4v) is 1.76. The van der Waals surface area contributed by atoms with Gasteiger partial charge < -0.3 is 40.5 Å². The fourth-order valence-electron chi connectivity index (χ4n) is 1.76. The van der Waals surface area contributed by atoms with Crippen molar-refractivity contribution in [1.29, 1.82) is 0 Å². The molecule has 1 rings (SSSR count). The molecule has 132 valence electrons. The number of hydrogen-bond donors (Lipinski definition) is 7. The maximum absolute atomic E-state index is 11.7. The molecule has 0 bridgehead atoms. The summed E-state index contributed by atoms with van der Waals surface area (Å²) in [6.45, 7) is 0. The van der Waals surface area contributed by atoms with Crippen LogP contribution in [0.2, 0.25) is 0 Å². The molecule has 9 nitrogen and oxygen atoms in total. The molecule has 0 saturated heterocycles. The van der Waals surface area contributed by atoms with Crippen LogP contribution in [0.25, 0.3) is 6.08 Å². The lowest BCUT2D eigenvalue weighted by Crippen LogP contribution is -2.51. The first-order valence-corrected chi connectivity index (χ1v) is 6.78. The predicted molar refractivity (Wildman–Crippen MR) is 79.9 cm³/mol. The van der Waals surface area contributed by atoms with Crippen molar-refractivity contribution in [3.05, 3.63) is 29.8 Å². The number of benzene rings is 1. The highest BCUT2D eigenvalue weighted by Crippen LogP contribution is 2.25. The van der Waals surface area contributed by atoms with E-state index in [0.29, 0.717) is 5.56 Å². The lowest BCUT2D eigenvalue weighted by Gasteiger charge is -2.26. The molecule has 5 atom stereocenters. The van der Waals surface area contributed by atoms with Crippen LogP contribution in [0, 0.1) is 0 Å². The Morgan fingerprint density at radius 2 is 1.54 bits per heavy atom. The van der Waals surface area contributed by atoms with Crippen LogP contribution in [0.1, 0.15) is 5.56 Å². The summed E-state index contributed by atoms with van der Waals surface area (Å²) < 4.78 is 0. The average Bonchev–Trinajstić information content (AvgIpc) is 2.58. The van der Waals surface area contributed by atoms with E-state index < -0.39 is 42.1 Å². The largest absolute Gasteiger partial charge is 0.504 e. The Bertz CT molecular complexity index is 613. The van der Waals surface area contributed by atoms with E-state index in [-0.39, 0.29) is 12.0 Å². The number of rotatable bonds is 8. The molecule has 24 heavy (non-hydrogen) atoms. The molecular formula is C15H18O9. The summed E-state index contributed by atoms with van der Waals surface area (Å²) in [5, 5.41) is 65.7. The monoisotopic (exact) mass is 342 g/mol. The minimum absolute atomic E-state index is 0.0774. The van der Waals surface area contributed by atoms with Crippen LogP contribution < -0.4 is 0 Å². The van der Waals surface area contributed by atoms with Gasteiger partial charge in [0.05, 0.1) is 0 Å². The summed E-state index contributed by atoms with van der Waals surface area (Å²) >= 11 is 0. The van der Waals surface area contributed by atoms with Crippen molar-refractivity contribution < 1.29 is 45.3 Å². The zero-order chi connectivity index (χ0) is 18.4. The number of aldehydes is 1. The number of carbonyl (C=O) groups is 2. The number of aromatic hydroxyl groups is 2. The predicted octanol–water partition coefficient (Wildman–Crippen LogP) is -2.32. The number of aliphatic hydroxyl groups is 5. The maximum Gasteiger partial charge on any atom is 0.186 e. The number of hydrogen-bond acceptors (Lipinski definition) is 9. The zero-order valence-electron chi connectivity index (χ0n) is 12.3. The van der Waals surface area contributed by atoms with Crippen LogP contribution in [0.4, 0.5) is 0 Å². The minimum atomic E-state index is -2.15. The molecule has 1 unspecified atom stereocenters. The standard InChI is InChI=1S/C15H18O9/c16-6-11(20)13(22)15(24)14(23)12(21)9(18)4-2-7-1-3-8(17)10(19)5-7/h1-6,11-15,17,19-24H/b4-2+/t11-,12?,13+,14+,15-/m0/s1. The van der Waals surface area contributed by atoms with Gasteiger partial charge in [-0.15, -0.1) is 0 Å². The topological polar surface area (TPSA) is 176 Å². The molecule has 0 aliphatic heterocycles. The quantitative estimate of drug-likeness (QED) is 0.155. The molecule has 0 amide bonds. The van der Waals surface area contributed by atoms with Gasteiger partial charge in [-0.25, -0.2) is 0 Å². The molecule has 0 saturated carbocycles. The molecule has 7 N–H and O–H groups in total. The van der Waals surface area contributed by atoms with Gasteiger partial charge in [-0.2, -0.15) is 0 Å². The Labute approximate surface area is 136 Å². The van der Waals surface area contributed by atoms with Gasteiger partial charge in [-0.3, -0.25) is 4.79 Å². The normalized spacial score (nSPS) is 17.9. The molecular weight excluding hydrogens is 324 g/mol. The first-order chi connectivity index (χ1) is 11.2. The number of aliphatic hydroxyl groups excluding tert-OH is 5. The Morgan fingerprint density at radius 1 is 0.917 bits per heavy atom. The molecule has 9 heteroatoms. The number of ketones is 1. The lowest BCUT2D eigenvalue weighted by molar-refractivity contribution is -0.152. The molecule has 0 spiro atoms. The van der Waals surface area contributed by atoms with Gasteiger partial charge in [0, 0.05) is 0 Å². The van der Waals surface area contributed by atoms with E-state index >= 15 is 0 Å². The van der Waals surface area contributed by atoms with E-state index in [4.69, 9.17) is 10.2 Å². The van der Waals surface area contributed by atoms with Gasteiger partial charge in [0.1, 0.15) is 30.5 Å². The third kappa shape index (κ3) is 4.85. The first kappa shape index (κ1) is 19.7. The van der Waals surface area contributed by atoms with Gasteiger partial charge >= 0.3 is 0 Å². The number of carbonyl (C=O) groups excluding carboxylic acids is 2. The third-order valence-corrected chi connectivity index (χ3v) is 3.24. The van der Waals surface area contributed by atoms with Gasteiger partial charge in [-0.1, -0.05) is 12.1 Å². The van der Waals surface area contributed by atoms with Crippen molar-refractivity contribution >= 4 is 18.1 Å². The second-order valence-electron chi connectivity index (χ2n) is 5.03. The van der Waals surface area contributed by atoms with Crippen molar-refractivity contribution in [2.75, 3.05) is 0 Å². The van der Waals surface area contributed by atoms with Crippen LogP contribution in [-0.4, -0.2) is 78.3 Å². The van der Waals surface area contributed by atoms with Crippen molar-refractivity contribution in [3.8, 4) is 11.5 Å². The molecule has 0 aliphatic rings.